The molecule has 3 N–H and O–H groups in total. The van der Waals surface area contributed by atoms with Gasteiger partial charge in [0.15, 0.2) is 0 Å². The molecule has 5 rings (SSSR count). The third kappa shape index (κ3) is 7.02. The van der Waals surface area contributed by atoms with Crippen LogP contribution in [0.25, 0.3) is 0 Å². The molecular formula is C33H42N4O2. The summed E-state index contributed by atoms with van der Waals surface area (Å²) in [6, 6.07) is 10.5. The van der Waals surface area contributed by atoms with Crippen molar-refractivity contribution in [2.75, 3.05) is 20.6 Å². The monoisotopic (exact) mass is 526 g/mol. The zero-order chi connectivity index (χ0) is 27.2. The van der Waals surface area contributed by atoms with E-state index in [-0.39, 0.29) is 17.7 Å². The van der Waals surface area contributed by atoms with Gasteiger partial charge >= 0.3 is 0 Å². The van der Waals surface area contributed by atoms with Gasteiger partial charge in [-0.05, 0) is 106 Å². The van der Waals surface area contributed by atoms with Gasteiger partial charge in [0.25, 0.3) is 0 Å². The molecule has 2 fully saturated rings. The molecule has 0 spiro atoms. The van der Waals surface area contributed by atoms with Gasteiger partial charge in [-0.1, -0.05) is 48.9 Å². The Morgan fingerprint density at radius 2 is 1.82 bits per heavy atom. The lowest BCUT2D eigenvalue weighted by Gasteiger charge is -2.31. The number of likely N-dealkylation sites (N-methyl/N-ethyl adjacent to an activating group) is 1. The quantitative estimate of drug-likeness (QED) is 0.408. The number of nitrogens with one attached hydrogen (secondary N) is 3. The van der Waals surface area contributed by atoms with Crippen LogP contribution in [0.3, 0.4) is 0 Å². The van der Waals surface area contributed by atoms with Crippen molar-refractivity contribution in [2.45, 2.75) is 75.8 Å². The van der Waals surface area contributed by atoms with E-state index in [1.807, 2.05) is 32.3 Å². The molecule has 206 valence electrons. The molecule has 0 aromatic heterocycles. The van der Waals surface area contributed by atoms with Crippen molar-refractivity contribution >= 4 is 11.8 Å². The number of rotatable bonds is 9. The zero-order valence-electron chi connectivity index (χ0n) is 23.3. The number of carbonyl (C=O) groups is 2. The molecule has 6 heteroatoms. The first kappa shape index (κ1) is 27.3. The zero-order valence-corrected chi connectivity index (χ0v) is 23.3. The molecule has 3 atom stereocenters. The average molecular weight is 527 g/mol. The fraction of sp³-hybridized carbons (Fsp3) is 0.515. The molecule has 4 aliphatic rings. The van der Waals surface area contributed by atoms with Crippen LogP contribution in [0.1, 0.15) is 69.3 Å². The molecule has 1 aromatic rings. The molecule has 3 aliphatic carbocycles. The Bertz CT molecular complexity index is 1210. The lowest BCUT2D eigenvalue weighted by Crippen LogP contribution is -2.49. The van der Waals surface area contributed by atoms with Crippen LogP contribution in [0, 0.1) is 11.8 Å². The Balaban J connectivity index is 1.25. The summed E-state index contributed by atoms with van der Waals surface area (Å²) < 4.78 is 0. The van der Waals surface area contributed by atoms with E-state index < -0.39 is 6.04 Å². The van der Waals surface area contributed by atoms with Gasteiger partial charge in [0.05, 0.1) is 5.70 Å². The molecule has 1 aliphatic heterocycles. The third-order valence-electron chi connectivity index (χ3n) is 8.72. The Hall–Kier alpha value is -3.30. The second-order valence-electron chi connectivity index (χ2n) is 11.9. The van der Waals surface area contributed by atoms with Crippen LogP contribution in [-0.2, 0) is 9.59 Å². The molecule has 1 heterocycles. The van der Waals surface area contributed by atoms with Gasteiger partial charge in [-0.25, -0.2) is 0 Å². The van der Waals surface area contributed by atoms with Crippen LogP contribution in [0.5, 0.6) is 0 Å². The number of hydrogen-bond acceptors (Lipinski definition) is 4. The number of benzene rings is 1. The lowest BCUT2D eigenvalue weighted by molar-refractivity contribution is -0.131. The second-order valence-corrected chi connectivity index (χ2v) is 11.9. The average Bonchev–Trinajstić information content (AvgIpc) is 3.36. The van der Waals surface area contributed by atoms with Gasteiger partial charge in [0.2, 0.25) is 11.8 Å². The second kappa shape index (κ2) is 12.7. The highest BCUT2D eigenvalue weighted by molar-refractivity contribution is 5.90. The van der Waals surface area contributed by atoms with Gasteiger partial charge in [-0.15, -0.1) is 0 Å². The fourth-order valence-electron chi connectivity index (χ4n) is 6.67. The van der Waals surface area contributed by atoms with Crippen molar-refractivity contribution in [2.24, 2.45) is 11.8 Å². The van der Waals surface area contributed by atoms with E-state index in [0.29, 0.717) is 30.0 Å². The van der Waals surface area contributed by atoms with E-state index in [4.69, 9.17) is 0 Å². The largest absolute Gasteiger partial charge is 0.388 e. The summed E-state index contributed by atoms with van der Waals surface area (Å²) in [6.07, 6.45) is 14.9. The maximum atomic E-state index is 13.6. The van der Waals surface area contributed by atoms with Gasteiger partial charge in [-0.2, -0.15) is 0 Å². The molecule has 2 unspecified atom stereocenters. The molecule has 2 amide bonds. The molecular weight excluding hydrogens is 484 g/mol. The van der Waals surface area contributed by atoms with Gasteiger partial charge in [0.1, 0.15) is 6.04 Å². The maximum absolute atomic E-state index is 13.6. The summed E-state index contributed by atoms with van der Waals surface area (Å²) in [5, 5.41) is 9.75. The molecule has 39 heavy (non-hydrogen) atoms. The number of amides is 2. The Labute approximate surface area is 233 Å². The normalized spacial score (nSPS) is 26.6. The van der Waals surface area contributed by atoms with Crippen LogP contribution in [0.4, 0.5) is 0 Å². The summed E-state index contributed by atoms with van der Waals surface area (Å²) in [4.78, 5) is 29.2. The standard InChI is InChI=1S/C33H42N4O2/c1-37(2)22-23-9-8-12-28(19-23)35-33(39)31(20-27-21-34-30-14-7-6-13-29(27)30)36-32(38)26-17-15-25(16-18-26)24-10-4-3-5-11-24/h3-5,9-11,19,21,25-26,29-31,34H,6-7,13-18,20,22H2,1-2H3,(H,35,39)(H,36,38)/t25?,26?,29-,30?,31?/m0/s1. The van der Waals surface area contributed by atoms with Crippen LogP contribution < -0.4 is 16.0 Å². The van der Waals surface area contributed by atoms with E-state index in [9.17, 15) is 9.59 Å². The minimum Gasteiger partial charge on any atom is -0.388 e. The summed E-state index contributed by atoms with van der Waals surface area (Å²) in [7, 11) is 4.02. The predicted octanol–water partition coefficient (Wildman–Crippen LogP) is 4.69. The van der Waals surface area contributed by atoms with Crippen molar-refractivity contribution in [1.82, 2.24) is 20.9 Å². The van der Waals surface area contributed by atoms with Crippen LogP contribution in [0.2, 0.25) is 0 Å². The highest BCUT2D eigenvalue weighted by Crippen LogP contribution is 2.37. The first-order valence-corrected chi connectivity index (χ1v) is 14.6. The van der Waals surface area contributed by atoms with Crippen molar-refractivity contribution in [3.05, 3.63) is 82.6 Å². The Morgan fingerprint density at radius 3 is 2.59 bits per heavy atom. The van der Waals surface area contributed by atoms with Gasteiger partial charge < -0.3 is 20.9 Å². The molecule has 0 saturated heterocycles. The summed E-state index contributed by atoms with van der Waals surface area (Å²) in [5.74, 6) is 0.726. The molecule has 0 bridgehead atoms. The van der Waals surface area contributed by atoms with E-state index in [0.717, 1.165) is 44.2 Å². The number of carbonyl (C=O) groups excluding carboxylic acids is 2. The fourth-order valence-corrected chi connectivity index (χ4v) is 6.67. The van der Waals surface area contributed by atoms with Crippen molar-refractivity contribution < 1.29 is 9.59 Å². The highest BCUT2D eigenvalue weighted by atomic mass is 16.2. The van der Waals surface area contributed by atoms with Crippen LogP contribution >= 0.6 is 0 Å². The van der Waals surface area contributed by atoms with E-state index in [1.165, 1.54) is 30.4 Å². The van der Waals surface area contributed by atoms with Crippen molar-refractivity contribution in [3.63, 3.8) is 0 Å². The minimum atomic E-state index is -0.621. The Morgan fingerprint density at radius 1 is 1.05 bits per heavy atom. The van der Waals surface area contributed by atoms with Crippen LogP contribution in [-0.4, -0.2) is 49.4 Å². The van der Waals surface area contributed by atoms with Crippen LogP contribution in [0.15, 0.2) is 77.0 Å². The smallest absolute Gasteiger partial charge is 0.247 e. The molecule has 0 radical (unpaired) electrons. The van der Waals surface area contributed by atoms with E-state index in [1.54, 1.807) is 0 Å². The van der Waals surface area contributed by atoms with E-state index in [2.05, 4.69) is 62.8 Å². The van der Waals surface area contributed by atoms with E-state index >= 15 is 0 Å². The Kier molecular flexibility index (Phi) is 8.88. The summed E-state index contributed by atoms with van der Waals surface area (Å²) in [6.45, 7) is 0.751. The topological polar surface area (TPSA) is 73.5 Å². The predicted molar refractivity (Wildman–Crippen MR) is 155 cm³/mol. The van der Waals surface area contributed by atoms with Crippen molar-refractivity contribution in [1.29, 1.82) is 0 Å². The first-order valence-electron chi connectivity index (χ1n) is 14.6. The number of fused-ring (bicyclic) bond motifs is 1. The number of allylic oxidation sites excluding steroid dienone is 1. The summed E-state index contributed by atoms with van der Waals surface area (Å²) in [5.41, 5.74) is 10.3. The molecule has 6 nitrogen and oxygen atoms in total. The minimum absolute atomic E-state index is 0.00492. The number of nitrogens with zero attached hydrogens (tertiary/aromatic N) is 1. The van der Waals surface area contributed by atoms with Gasteiger partial charge in [-0.3, -0.25) is 9.59 Å². The van der Waals surface area contributed by atoms with Gasteiger partial charge in [0, 0.05) is 24.4 Å². The summed E-state index contributed by atoms with van der Waals surface area (Å²) >= 11 is 0. The lowest BCUT2D eigenvalue weighted by atomic mass is 9.78. The first-order chi connectivity index (χ1) is 19.0. The third-order valence-corrected chi connectivity index (χ3v) is 8.72. The highest BCUT2D eigenvalue weighted by Gasteiger charge is 2.36. The molecule has 2 saturated carbocycles. The SMILES string of the molecule is CN(C)CC1=CC(NC(=O)C(CC2=CNC3CCCC[C@@H]23)NC(=O)C2CCC(c3ccccc3)CC2)=C=C=C1. The number of hydrogen-bond donors (Lipinski definition) is 3. The maximum Gasteiger partial charge on any atom is 0.247 e. The van der Waals surface area contributed by atoms with Crippen molar-refractivity contribution in [3.8, 4) is 0 Å². The molecule has 1 aromatic carbocycles.